The number of pyridine rings is 1. The van der Waals surface area contributed by atoms with Gasteiger partial charge in [0.05, 0.1) is 11.5 Å². The van der Waals surface area contributed by atoms with Crippen molar-refractivity contribution < 1.29 is 15.0 Å². The van der Waals surface area contributed by atoms with Crippen molar-refractivity contribution in [2.75, 3.05) is 0 Å². The quantitative estimate of drug-likeness (QED) is 0.746. The van der Waals surface area contributed by atoms with E-state index in [0.29, 0.717) is 10.7 Å². The molecule has 1 aliphatic rings. The SMILES string of the molecule is O=C(O)C1(c2ccc(Cl)nc2)CC(O)C1. The Bertz CT molecular complexity index is 384. The number of hydrogen-bond donors (Lipinski definition) is 2. The molecule has 1 fully saturated rings. The number of hydrogen-bond acceptors (Lipinski definition) is 3. The van der Waals surface area contributed by atoms with Crippen LogP contribution in [0.25, 0.3) is 0 Å². The average Bonchev–Trinajstić information content (AvgIpc) is 2.13. The van der Waals surface area contributed by atoms with Crippen LogP contribution in [0, 0.1) is 0 Å². The lowest BCUT2D eigenvalue weighted by Gasteiger charge is -2.41. The second kappa shape index (κ2) is 3.47. The summed E-state index contributed by atoms with van der Waals surface area (Å²) in [5.74, 6) is -0.920. The van der Waals surface area contributed by atoms with Crippen LogP contribution in [-0.2, 0) is 10.2 Å². The van der Waals surface area contributed by atoms with Crippen molar-refractivity contribution in [1.82, 2.24) is 4.98 Å². The number of aliphatic hydroxyl groups is 1. The molecule has 1 aliphatic carbocycles. The maximum Gasteiger partial charge on any atom is 0.314 e. The Hall–Kier alpha value is -1.13. The highest BCUT2D eigenvalue weighted by molar-refractivity contribution is 6.29. The number of carbonyl (C=O) groups is 1. The van der Waals surface area contributed by atoms with Crippen LogP contribution in [0.4, 0.5) is 0 Å². The van der Waals surface area contributed by atoms with Gasteiger partial charge in [-0.3, -0.25) is 4.79 Å². The first-order valence-electron chi connectivity index (χ1n) is 4.58. The maximum atomic E-state index is 11.2. The maximum absolute atomic E-state index is 11.2. The number of aliphatic carboxylic acids is 1. The van der Waals surface area contributed by atoms with E-state index in [1.165, 1.54) is 6.20 Å². The van der Waals surface area contributed by atoms with Gasteiger partial charge in [0.1, 0.15) is 5.15 Å². The zero-order chi connectivity index (χ0) is 11.1. The molecule has 1 aromatic heterocycles. The highest BCUT2D eigenvalue weighted by Gasteiger charge is 2.51. The number of aromatic nitrogens is 1. The van der Waals surface area contributed by atoms with Gasteiger partial charge in [-0.15, -0.1) is 0 Å². The van der Waals surface area contributed by atoms with Crippen molar-refractivity contribution >= 4 is 17.6 Å². The van der Waals surface area contributed by atoms with E-state index in [0.717, 1.165) is 0 Å². The smallest absolute Gasteiger partial charge is 0.314 e. The van der Waals surface area contributed by atoms with Gasteiger partial charge in [0.25, 0.3) is 0 Å². The molecule has 2 N–H and O–H groups in total. The van der Waals surface area contributed by atoms with E-state index in [4.69, 9.17) is 16.7 Å². The molecule has 2 rings (SSSR count). The average molecular weight is 228 g/mol. The summed E-state index contributed by atoms with van der Waals surface area (Å²) in [5.41, 5.74) is -0.374. The zero-order valence-electron chi connectivity index (χ0n) is 7.85. The van der Waals surface area contributed by atoms with Gasteiger partial charge in [-0.1, -0.05) is 17.7 Å². The second-order valence-electron chi connectivity index (χ2n) is 3.82. The lowest BCUT2D eigenvalue weighted by Crippen LogP contribution is -2.50. The number of halogens is 1. The Morgan fingerprint density at radius 2 is 2.20 bits per heavy atom. The molecule has 0 aliphatic heterocycles. The molecule has 0 aromatic carbocycles. The van der Waals surface area contributed by atoms with Crippen LogP contribution in [0.5, 0.6) is 0 Å². The van der Waals surface area contributed by atoms with Crippen LogP contribution in [0.15, 0.2) is 18.3 Å². The molecule has 1 heterocycles. The molecule has 1 aromatic rings. The van der Waals surface area contributed by atoms with E-state index >= 15 is 0 Å². The van der Waals surface area contributed by atoms with Gasteiger partial charge in [-0.25, -0.2) is 4.98 Å². The van der Waals surface area contributed by atoms with Gasteiger partial charge in [-0.2, -0.15) is 0 Å². The number of nitrogens with zero attached hydrogens (tertiary/aromatic N) is 1. The Morgan fingerprint density at radius 3 is 2.60 bits per heavy atom. The van der Waals surface area contributed by atoms with Crippen LogP contribution < -0.4 is 0 Å². The van der Waals surface area contributed by atoms with Crippen molar-refractivity contribution in [2.45, 2.75) is 24.4 Å². The van der Waals surface area contributed by atoms with E-state index in [1.807, 2.05) is 0 Å². The molecule has 0 unspecified atom stereocenters. The summed E-state index contributed by atoms with van der Waals surface area (Å²) in [6, 6.07) is 3.21. The Labute approximate surface area is 91.5 Å². The fourth-order valence-electron chi connectivity index (χ4n) is 1.94. The second-order valence-corrected chi connectivity index (χ2v) is 4.21. The highest BCUT2D eigenvalue weighted by atomic mass is 35.5. The monoisotopic (exact) mass is 227 g/mol. The topological polar surface area (TPSA) is 70.4 Å². The summed E-state index contributed by atoms with van der Waals surface area (Å²) >= 11 is 5.62. The molecular formula is C10H10ClNO3. The summed E-state index contributed by atoms with van der Waals surface area (Å²) in [7, 11) is 0. The molecular weight excluding hydrogens is 218 g/mol. The highest BCUT2D eigenvalue weighted by Crippen LogP contribution is 2.44. The molecule has 0 bridgehead atoms. The molecule has 5 heteroatoms. The minimum Gasteiger partial charge on any atom is -0.481 e. The third-order valence-electron chi connectivity index (χ3n) is 2.86. The zero-order valence-corrected chi connectivity index (χ0v) is 8.61. The van der Waals surface area contributed by atoms with Crippen LogP contribution in [0.3, 0.4) is 0 Å². The van der Waals surface area contributed by atoms with E-state index in [1.54, 1.807) is 12.1 Å². The molecule has 0 saturated heterocycles. The number of rotatable bonds is 2. The van der Waals surface area contributed by atoms with E-state index in [9.17, 15) is 9.90 Å². The fourth-order valence-corrected chi connectivity index (χ4v) is 2.05. The third kappa shape index (κ3) is 1.60. The Morgan fingerprint density at radius 1 is 1.53 bits per heavy atom. The molecule has 4 nitrogen and oxygen atoms in total. The lowest BCUT2D eigenvalue weighted by molar-refractivity contribution is -0.152. The van der Waals surface area contributed by atoms with E-state index < -0.39 is 17.5 Å². The van der Waals surface area contributed by atoms with Gasteiger partial charge in [0.15, 0.2) is 0 Å². The first-order chi connectivity index (χ1) is 7.04. The van der Waals surface area contributed by atoms with Crippen molar-refractivity contribution in [3.63, 3.8) is 0 Å². The summed E-state index contributed by atoms with van der Waals surface area (Å²) in [6.07, 6.45) is 1.41. The van der Waals surface area contributed by atoms with Crippen LogP contribution in [-0.4, -0.2) is 27.3 Å². The minimum absolute atomic E-state index is 0.242. The summed E-state index contributed by atoms with van der Waals surface area (Å²) < 4.78 is 0. The fraction of sp³-hybridized carbons (Fsp3) is 0.400. The van der Waals surface area contributed by atoms with E-state index in [-0.39, 0.29) is 12.8 Å². The van der Waals surface area contributed by atoms with Crippen molar-refractivity contribution in [3.8, 4) is 0 Å². The van der Waals surface area contributed by atoms with Gasteiger partial charge in [0.2, 0.25) is 0 Å². The number of aliphatic hydroxyl groups excluding tert-OH is 1. The lowest BCUT2D eigenvalue weighted by atomic mass is 9.63. The first-order valence-corrected chi connectivity index (χ1v) is 4.96. The van der Waals surface area contributed by atoms with Crippen LogP contribution >= 0.6 is 11.6 Å². The molecule has 15 heavy (non-hydrogen) atoms. The van der Waals surface area contributed by atoms with Crippen molar-refractivity contribution in [2.24, 2.45) is 0 Å². The predicted octanol–water partition coefficient (Wildman–Crippen LogP) is 1.21. The molecule has 0 radical (unpaired) electrons. The van der Waals surface area contributed by atoms with Gasteiger partial charge in [0, 0.05) is 6.20 Å². The minimum atomic E-state index is -0.975. The first kappa shape index (κ1) is 10.4. The standard InChI is InChI=1S/C10H10ClNO3/c11-8-2-1-6(5-12-8)10(9(14)15)3-7(13)4-10/h1-2,5,7,13H,3-4H2,(H,14,15). The number of carboxylic acids is 1. The molecule has 1 saturated carbocycles. The van der Waals surface area contributed by atoms with Gasteiger partial charge < -0.3 is 10.2 Å². The summed E-state index contributed by atoms with van der Waals surface area (Å²) in [4.78, 5) is 15.0. The Kier molecular flexibility index (Phi) is 2.40. The summed E-state index contributed by atoms with van der Waals surface area (Å²) in [6.45, 7) is 0. The number of carboxylic acid groups (broad SMARTS) is 1. The molecule has 0 spiro atoms. The largest absolute Gasteiger partial charge is 0.481 e. The third-order valence-corrected chi connectivity index (χ3v) is 3.08. The van der Waals surface area contributed by atoms with Gasteiger partial charge in [-0.05, 0) is 24.5 Å². The predicted molar refractivity (Wildman–Crippen MR) is 53.8 cm³/mol. The Balaban J connectivity index is 2.34. The summed E-state index contributed by atoms with van der Waals surface area (Å²) in [5, 5.41) is 18.7. The molecule has 0 amide bonds. The molecule has 0 atom stereocenters. The van der Waals surface area contributed by atoms with Crippen molar-refractivity contribution in [3.05, 3.63) is 29.0 Å². The van der Waals surface area contributed by atoms with Crippen LogP contribution in [0.2, 0.25) is 5.15 Å². The van der Waals surface area contributed by atoms with E-state index in [2.05, 4.69) is 4.98 Å². The van der Waals surface area contributed by atoms with Crippen LogP contribution in [0.1, 0.15) is 18.4 Å². The normalized spacial score (nSPS) is 29.6. The molecule has 80 valence electrons. The van der Waals surface area contributed by atoms with Gasteiger partial charge >= 0.3 is 5.97 Å². The van der Waals surface area contributed by atoms with Crippen molar-refractivity contribution in [1.29, 1.82) is 0 Å².